The van der Waals surface area contributed by atoms with Gasteiger partial charge < -0.3 is 10.1 Å². The Kier molecular flexibility index (Phi) is 7.00. The van der Waals surface area contributed by atoms with E-state index in [-0.39, 0.29) is 5.60 Å². The largest absolute Gasteiger partial charge is 0.374 e. The van der Waals surface area contributed by atoms with Crippen LogP contribution in [0, 0.1) is 17.3 Å². The Balaban J connectivity index is 2.53. The molecule has 2 heteroatoms. The third-order valence-corrected chi connectivity index (χ3v) is 4.92. The Morgan fingerprint density at radius 3 is 2.25 bits per heavy atom. The van der Waals surface area contributed by atoms with Crippen molar-refractivity contribution in [3.8, 4) is 0 Å². The maximum absolute atomic E-state index is 6.38. The van der Waals surface area contributed by atoms with Gasteiger partial charge in [-0.2, -0.15) is 0 Å². The van der Waals surface area contributed by atoms with Crippen molar-refractivity contribution in [2.45, 2.75) is 79.2 Å². The maximum Gasteiger partial charge on any atom is 0.0806 e. The van der Waals surface area contributed by atoms with Crippen molar-refractivity contribution < 1.29 is 4.74 Å². The van der Waals surface area contributed by atoms with Gasteiger partial charge in [0.1, 0.15) is 0 Å². The van der Waals surface area contributed by atoms with Crippen LogP contribution >= 0.6 is 0 Å². The summed E-state index contributed by atoms with van der Waals surface area (Å²) in [6.07, 6.45) is 6.25. The van der Waals surface area contributed by atoms with Gasteiger partial charge >= 0.3 is 0 Å². The second kappa shape index (κ2) is 7.79. The smallest absolute Gasteiger partial charge is 0.0806 e. The lowest BCUT2D eigenvalue weighted by Crippen LogP contribution is -2.47. The van der Waals surface area contributed by atoms with E-state index in [1.54, 1.807) is 0 Å². The van der Waals surface area contributed by atoms with Crippen LogP contribution in [0.2, 0.25) is 0 Å². The number of hydrogen-bond acceptors (Lipinski definition) is 2. The van der Waals surface area contributed by atoms with Crippen LogP contribution in [0.4, 0.5) is 0 Å². The fourth-order valence-electron chi connectivity index (χ4n) is 3.25. The molecular formula is C18H37NO. The predicted molar refractivity (Wildman–Crippen MR) is 88.1 cm³/mol. The van der Waals surface area contributed by atoms with Crippen LogP contribution in [0.5, 0.6) is 0 Å². The number of ether oxygens (including phenoxy) is 1. The third kappa shape index (κ3) is 5.73. The fraction of sp³-hybridized carbons (Fsp3) is 1.00. The molecule has 0 saturated heterocycles. The molecule has 0 unspecified atom stereocenters. The molecule has 1 aliphatic carbocycles. The normalized spacial score (nSPS) is 28.1. The summed E-state index contributed by atoms with van der Waals surface area (Å²) in [4.78, 5) is 0. The highest BCUT2D eigenvalue weighted by Crippen LogP contribution is 2.42. The Morgan fingerprint density at radius 1 is 1.20 bits per heavy atom. The van der Waals surface area contributed by atoms with Gasteiger partial charge in [0.2, 0.25) is 0 Å². The maximum atomic E-state index is 6.38. The minimum absolute atomic E-state index is 0.104. The molecule has 0 aromatic heterocycles. The Labute approximate surface area is 127 Å². The minimum Gasteiger partial charge on any atom is -0.374 e. The van der Waals surface area contributed by atoms with Gasteiger partial charge in [-0.05, 0) is 55.9 Å². The molecule has 0 aromatic rings. The van der Waals surface area contributed by atoms with Crippen molar-refractivity contribution in [2.75, 3.05) is 19.7 Å². The van der Waals surface area contributed by atoms with E-state index in [1.807, 2.05) is 0 Å². The lowest BCUT2D eigenvalue weighted by atomic mass is 9.68. The van der Waals surface area contributed by atoms with Gasteiger partial charge in [0.25, 0.3) is 0 Å². The van der Waals surface area contributed by atoms with E-state index >= 15 is 0 Å². The summed E-state index contributed by atoms with van der Waals surface area (Å²) in [5.41, 5.74) is 0.551. The van der Waals surface area contributed by atoms with Crippen LogP contribution in [0.3, 0.4) is 0 Å². The highest BCUT2D eigenvalue weighted by Gasteiger charge is 2.39. The first-order chi connectivity index (χ1) is 9.29. The van der Waals surface area contributed by atoms with Crippen LogP contribution in [0.1, 0.15) is 73.6 Å². The molecule has 1 saturated carbocycles. The van der Waals surface area contributed by atoms with Gasteiger partial charge in [0.15, 0.2) is 0 Å². The third-order valence-electron chi connectivity index (χ3n) is 4.92. The molecule has 20 heavy (non-hydrogen) atoms. The molecule has 0 heterocycles. The van der Waals surface area contributed by atoms with E-state index in [9.17, 15) is 0 Å². The zero-order chi connectivity index (χ0) is 15.2. The molecule has 1 aliphatic rings. The molecule has 2 nitrogen and oxygen atoms in total. The molecule has 0 radical (unpaired) electrons. The average Bonchev–Trinajstić information content (AvgIpc) is 2.35. The van der Waals surface area contributed by atoms with Gasteiger partial charge in [-0.3, -0.25) is 0 Å². The molecule has 1 fully saturated rings. The summed E-state index contributed by atoms with van der Waals surface area (Å²) in [6.45, 7) is 16.9. The van der Waals surface area contributed by atoms with Crippen LogP contribution in [-0.4, -0.2) is 25.3 Å². The van der Waals surface area contributed by atoms with Crippen LogP contribution in [0.25, 0.3) is 0 Å². The first-order valence-corrected chi connectivity index (χ1v) is 8.64. The zero-order valence-corrected chi connectivity index (χ0v) is 14.7. The van der Waals surface area contributed by atoms with Crippen LogP contribution in [0.15, 0.2) is 0 Å². The molecule has 0 atom stereocenters. The summed E-state index contributed by atoms with van der Waals surface area (Å²) in [7, 11) is 0. The van der Waals surface area contributed by atoms with E-state index in [1.165, 1.54) is 32.1 Å². The summed E-state index contributed by atoms with van der Waals surface area (Å²) < 4.78 is 6.38. The molecule has 0 amide bonds. The molecule has 0 aromatic carbocycles. The SMILES string of the molecule is CCNCC1(OCCC(C)C)CCC(C(C)(C)C)CC1. The minimum atomic E-state index is 0.104. The van der Waals surface area contributed by atoms with Crippen LogP contribution in [-0.2, 0) is 4.74 Å². The van der Waals surface area contributed by atoms with Crippen molar-refractivity contribution in [3.63, 3.8) is 0 Å². The molecule has 1 rings (SSSR count). The summed E-state index contributed by atoms with van der Waals surface area (Å²) in [6, 6.07) is 0. The number of nitrogens with one attached hydrogen (secondary N) is 1. The Bertz CT molecular complexity index is 259. The number of likely N-dealkylation sites (N-methyl/N-ethyl adjacent to an activating group) is 1. The van der Waals surface area contributed by atoms with E-state index in [0.717, 1.165) is 31.5 Å². The molecule has 0 aliphatic heterocycles. The van der Waals surface area contributed by atoms with Gasteiger partial charge in [-0.1, -0.05) is 41.5 Å². The number of rotatable bonds is 7. The average molecular weight is 284 g/mol. The molecular weight excluding hydrogens is 246 g/mol. The summed E-state index contributed by atoms with van der Waals surface area (Å²) >= 11 is 0. The van der Waals surface area contributed by atoms with Crippen molar-refractivity contribution in [1.29, 1.82) is 0 Å². The highest BCUT2D eigenvalue weighted by atomic mass is 16.5. The van der Waals surface area contributed by atoms with Crippen molar-refractivity contribution in [3.05, 3.63) is 0 Å². The van der Waals surface area contributed by atoms with E-state index in [0.29, 0.717) is 5.41 Å². The standard InChI is InChI=1S/C18H37NO/c1-7-19-14-18(20-13-10-15(2)3)11-8-16(9-12-18)17(4,5)6/h15-16,19H,7-14H2,1-6H3. The van der Waals surface area contributed by atoms with Gasteiger partial charge in [0, 0.05) is 13.2 Å². The molecule has 0 spiro atoms. The van der Waals surface area contributed by atoms with Crippen LogP contribution < -0.4 is 5.32 Å². The van der Waals surface area contributed by atoms with Crippen molar-refractivity contribution in [1.82, 2.24) is 5.32 Å². The lowest BCUT2D eigenvalue weighted by Gasteiger charge is -2.44. The van der Waals surface area contributed by atoms with Gasteiger partial charge in [-0.15, -0.1) is 0 Å². The first kappa shape index (κ1) is 18.0. The Morgan fingerprint density at radius 2 is 1.80 bits per heavy atom. The van der Waals surface area contributed by atoms with Gasteiger partial charge in [-0.25, -0.2) is 0 Å². The summed E-state index contributed by atoms with van der Waals surface area (Å²) in [5, 5.41) is 3.53. The first-order valence-electron chi connectivity index (χ1n) is 8.64. The molecule has 120 valence electrons. The predicted octanol–water partition coefficient (Wildman–Crippen LogP) is 4.63. The Hall–Kier alpha value is -0.0800. The lowest BCUT2D eigenvalue weighted by molar-refractivity contribution is -0.0869. The van der Waals surface area contributed by atoms with E-state index in [4.69, 9.17) is 4.74 Å². The second-order valence-corrected chi connectivity index (χ2v) is 8.13. The molecule has 1 N–H and O–H groups in total. The highest BCUT2D eigenvalue weighted by molar-refractivity contribution is 4.92. The van der Waals surface area contributed by atoms with E-state index < -0.39 is 0 Å². The zero-order valence-electron chi connectivity index (χ0n) is 14.7. The monoisotopic (exact) mass is 283 g/mol. The van der Waals surface area contributed by atoms with Crippen molar-refractivity contribution >= 4 is 0 Å². The topological polar surface area (TPSA) is 21.3 Å². The van der Waals surface area contributed by atoms with Crippen molar-refractivity contribution in [2.24, 2.45) is 17.3 Å². The second-order valence-electron chi connectivity index (χ2n) is 8.13. The quantitative estimate of drug-likeness (QED) is 0.735. The molecule has 0 bridgehead atoms. The summed E-state index contributed by atoms with van der Waals surface area (Å²) in [5.74, 6) is 1.59. The van der Waals surface area contributed by atoms with Gasteiger partial charge in [0.05, 0.1) is 5.60 Å². The number of hydrogen-bond donors (Lipinski definition) is 1. The van der Waals surface area contributed by atoms with E-state index in [2.05, 4.69) is 46.9 Å². The fourth-order valence-corrected chi connectivity index (χ4v) is 3.25.